The zero-order chi connectivity index (χ0) is 38.0. The maximum absolute atomic E-state index is 15.1. The van der Waals surface area contributed by atoms with Gasteiger partial charge in [0.15, 0.2) is 5.78 Å². The van der Waals surface area contributed by atoms with Crippen molar-refractivity contribution in [2.75, 3.05) is 6.54 Å². The number of hydrogen-bond acceptors (Lipinski definition) is 8. The van der Waals surface area contributed by atoms with Gasteiger partial charge in [-0.25, -0.2) is 9.36 Å². The molecule has 1 heterocycles. The molecule has 5 N–H and O–H groups in total. The fraction of sp³-hybridized carbons (Fsp3) is 0.300. The Morgan fingerprint density at radius 3 is 1.87 bits per heavy atom. The Bertz CT molecular complexity index is 1860. The lowest BCUT2D eigenvalue weighted by Crippen LogP contribution is -2.55. The number of para-hydroxylation sites is 2. The number of alkyl carbamates (subject to hydrolysis) is 1. The minimum absolute atomic E-state index is 0.0123. The second kappa shape index (κ2) is 17.3. The van der Waals surface area contributed by atoms with Crippen LogP contribution in [-0.2, 0) is 31.7 Å². The summed E-state index contributed by atoms with van der Waals surface area (Å²) in [6.07, 6.45) is 0.307. The molecule has 278 valence electrons. The van der Waals surface area contributed by atoms with E-state index >= 15 is 4.57 Å². The summed E-state index contributed by atoms with van der Waals surface area (Å²) in [5.74, 6) is -1.79. The Kier molecular flexibility index (Phi) is 12.6. The van der Waals surface area contributed by atoms with Gasteiger partial charge in [0, 0.05) is 24.9 Å². The Balaban J connectivity index is 1.46. The summed E-state index contributed by atoms with van der Waals surface area (Å²) < 4.78 is 32.9. The highest BCUT2D eigenvalue weighted by molar-refractivity contribution is 7.55. The molecule has 1 aliphatic rings. The van der Waals surface area contributed by atoms with Gasteiger partial charge in [-0.1, -0.05) is 91.0 Å². The van der Waals surface area contributed by atoms with Crippen LogP contribution in [0.15, 0.2) is 115 Å². The first-order chi connectivity index (χ1) is 25.3. The van der Waals surface area contributed by atoms with Crippen LogP contribution in [0.2, 0.25) is 0 Å². The van der Waals surface area contributed by atoms with Crippen LogP contribution in [0.25, 0.3) is 0 Å². The molecule has 4 aromatic carbocycles. The van der Waals surface area contributed by atoms with Crippen LogP contribution in [0.1, 0.15) is 50.3 Å². The van der Waals surface area contributed by atoms with Crippen LogP contribution in [0.5, 0.6) is 11.5 Å². The number of hydrogen-bond donors (Lipinski definition) is 4. The minimum atomic E-state index is -4.29. The lowest BCUT2D eigenvalue weighted by molar-refractivity contribution is -0.140. The molecule has 3 atom stereocenters. The summed E-state index contributed by atoms with van der Waals surface area (Å²) in [5, 5.41) is 13.5. The number of carbonyl (C=O) groups is 3. The summed E-state index contributed by atoms with van der Waals surface area (Å²) in [6, 6.07) is 31.2. The van der Waals surface area contributed by atoms with Gasteiger partial charge in [0.2, 0.25) is 11.8 Å². The maximum atomic E-state index is 15.1. The van der Waals surface area contributed by atoms with E-state index < -0.39 is 49.0 Å². The summed E-state index contributed by atoms with van der Waals surface area (Å²) in [4.78, 5) is 43.0. The van der Waals surface area contributed by atoms with E-state index in [2.05, 4.69) is 10.6 Å². The van der Waals surface area contributed by atoms with E-state index in [0.29, 0.717) is 24.0 Å². The fourth-order valence-corrected chi connectivity index (χ4v) is 7.79. The van der Waals surface area contributed by atoms with Crippen LogP contribution in [0.4, 0.5) is 4.79 Å². The lowest BCUT2D eigenvalue weighted by Gasteiger charge is -2.32. The minimum Gasteiger partial charge on any atom is -0.444 e. The molecule has 0 radical (unpaired) electrons. The number of ether oxygens (including phenoxy) is 1. The van der Waals surface area contributed by atoms with Gasteiger partial charge < -0.3 is 35.1 Å². The largest absolute Gasteiger partial charge is 0.453 e. The third-order valence-corrected chi connectivity index (χ3v) is 10.5. The predicted octanol–water partition coefficient (Wildman–Crippen LogP) is 6.43. The molecule has 0 bridgehead atoms. The first-order valence-electron chi connectivity index (χ1n) is 17.5. The van der Waals surface area contributed by atoms with E-state index in [1.165, 1.54) is 4.90 Å². The summed E-state index contributed by atoms with van der Waals surface area (Å²) in [7, 11) is -4.29. The van der Waals surface area contributed by atoms with Gasteiger partial charge in [-0.15, -0.1) is 0 Å². The zero-order valence-corrected chi connectivity index (χ0v) is 31.0. The van der Waals surface area contributed by atoms with Crippen LogP contribution in [0, 0.1) is 5.41 Å². The molecule has 3 amide bonds. The fourth-order valence-electron chi connectivity index (χ4n) is 5.95. The average molecular weight is 740 g/mol. The second-order valence-corrected chi connectivity index (χ2v) is 15.8. The van der Waals surface area contributed by atoms with E-state index in [1.807, 2.05) is 30.3 Å². The first-order valence-corrected chi connectivity index (χ1v) is 19.1. The smallest absolute Gasteiger partial charge is 0.444 e. The number of carbonyl (C=O) groups excluding carboxylic acids is 3. The molecule has 0 aliphatic carbocycles. The third-order valence-electron chi connectivity index (χ3n) is 8.45. The van der Waals surface area contributed by atoms with Gasteiger partial charge in [0.1, 0.15) is 35.0 Å². The Labute approximate surface area is 310 Å². The van der Waals surface area contributed by atoms with Crippen molar-refractivity contribution in [2.45, 2.75) is 69.9 Å². The van der Waals surface area contributed by atoms with Crippen molar-refractivity contribution < 1.29 is 32.7 Å². The van der Waals surface area contributed by atoms with Crippen LogP contribution in [0.3, 0.4) is 0 Å². The van der Waals surface area contributed by atoms with Crippen LogP contribution < -0.4 is 25.4 Å². The summed E-state index contributed by atoms with van der Waals surface area (Å²) >= 11 is 0. The van der Waals surface area contributed by atoms with Gasteiger partial charge in [0.25, 0.3) is 0 Å². The predicted molar refractivity (Wildman–Crippen MR) is 203 cm³/mol. The first kappa shape index (κ1) is 38.6. The van der Waals surface area contributed by atoms with Gasteiger partial charge in [0.05, 0.1) is 0 Å². The lowest BCUT2D eigenvalue weighted by atomic mass is 10.0. The highest BCUT2D eigenvalue weighted by Gasteiger charge is 2.44. The van der Waals surface area contributed by atoms with Crippen molar-refractivity contribution in [3.8, 4) is 11.5 Å². The van der Waals surface area contributed by atoms with Crippen molar-refractivity contribution in [1.29, 1.82) is 5.41 Å². The molecule has 1 saturated heterocycles. The number of nitrogens with two attached hydrogens (primary N) is 1. The highest BCUT2D eigenvalue weighted by Crippen LogP contribution is 2.53. The number of nitrogen functional groups attached to an aromatic ring is 1. The quantitative estimate of drug-likeness (QED) is 0.0650. The van der Waals surface area contributed by atoms with E-state index in [1.54, 1.807) is 106 Å². The van der Waals surface area contributed by atoms with E-state index in [-0.39, 0.29) is 36.7 Å². The molecule has 0 saturated carbocycles. The number of nitrogens with zero attached hydrogens (tertiary/aromatic N) is 1. The summed E-state index contributed by atoms with van der Waals surface area (Å²) in [6.45, 7) is 5.47. The molecule has 4 aromatic rings. The standard InChI is InChI=1S/C40H46N5O7P/c1-40(2,3)50-39(48)43-33(26-28-14-7-4-8-15-28)38(47)45-25-13-20-34(45)37(46)44-35(27-29-21-23-30(24-22-29)36(41)42)53(49,51-31-16-9-5-10-17-31)52-32-18-11-6-12-19-32/h4-12,14-19,21-24,33-35H,13,20,25-27H2,1-3H3,(H3,41,42)(H,43,48)(H,44,46)/t33-,34+,35?/m1/s1. The Hall–Kier alpha value is -5.61. The van der Waals surface area contributed by atoms with Crippen molar-refractivity contribution in [2.24, 2.45) is 5.73 Å². The molecular weight excluding hydrogens is 693 g/mol. The van der Waals surface area contributed by atoms with E-state index in [0.717, 1.165) is 5.56 Å². The van der Waals surface area contributed by atoms with Crippen molar-refractivity contribution in [3.05, 3.63) is 132 Å². The molecular formula is C40H46N5O7P. The molecule has 13 heteroatoms. The SMILES string of the molecule is CC(C)(C)OC(=O)N[C@H](Cc1ccccc1)C(=O)N1CCC[C@H]1C(=O)NC(Cc1ccc(C(=N)N)cc1)P(=O)(Oc1ccccc1)Oc1ccccc1. The zero-order valence-electron chi connectivity index (χ0n) is 30.1. The number of likely N-dealkylation sites (tertiary alicyclic amines) is 1. The number of nitrogens with one attached hydrogen (secondary N) is 3. The van der Waals surface area contributed by atoms with Crippen molar-refractivity contribution in [3.63, 3.8) is 0 Å². The molecule has 0 spiro atoms. The van der Waals surface area contributed by atoms with Gasteiger partial charge in [-0.05, 0) is 69.0 Å². The number of rotatable bonds is 14. The van der Waals surface area contributed by atoms with Gasteiger partial charge >= 0.3 is 13.7 Å². The number of amides is 3. The van der Waals surface area contributed by atoms with Gasteiger partial charge in [-0.3, -0.25) is 15.0 Å². The van der Waals surface area contributed by atoms with Crippen molar-refractivity contribution in [1.82, 2.24) is 15.5 Å². The summed E-state index contributed by atoms with van der Waals surface area (Å²) in [5.41, 5.74) is 6.87. The second-order valence-electron chi connectivity index (χ2n) is 13.8. The number of benzene rings is 4. The van der Waals surface area contributed by atoms with E-state index in [4.69, 9.17) is 24.9 Å². The monoisotopic (exact) mass is 739 g/mol. The maximum Gasteiger partial charge on any atom is 0.453 e. The molecule has 12 nitrogen and oxygen atoms in total. The molecule has 1 unspecified atom stereocenters. The molecule has 1 aliphatic heterocycles. The van der Waals surface area contributed by atoms with E-state index in [9.17, 15) is 14.4 Å². The molecule has 5 rings (SSSR count). The Morgan fingerprint density at radius 1 is 0.811 bits per heavy atom. The average Bonchev–Trinajstić information content (AvgIpc) is 3.62. The topological polar surface area (TPSA) is 173 Å². The molecule has 0 aromatic heterocycles. The normalized spacial score (nSPS) is 15.5. The third kappa shape index (κ3) is 10.9. The van der Waals surface area contributed by atoms with Crippen LogP contribution in [-0.4, -0.2) is 58.7 Å². The van der Waals surface area contributed by atoms with Gasteiger partial charge in [-0.2, -0.15) is 0 Å². The number of amidine groups is 1. The van der Waals surface area contributed by atoms with Crippen LogP contribution >= 0.6 is 7.60 Å². The van der Waals surface area contributed by atoms with Crippen molar-refractivity contribution >= 4 is 31.3 Å². The molecule has 1 fully saturated rings. The Morgan fingerprint density at radius 2 is 1.34 bits per heavy atom. The highest BCUT2D eigenvalue weighted by atomic mass is 31.2. The molecule has 53 heavy (non-hydrogen) atoms.